The van der Waals surface area contributed by atoms with Crippen molar-refractivity contribution in [1.29, 1.82) is 0 Å². The smallest absolute Gasteiger partial charge is 0.166 e. The first kappa shape index (κ1) is 11.8. The van der Waals surface area contributed by atoms with Crippen LogP contribution in [-0.2, 0) is 0 Å². The third-order valence-corrected chi connectivity index (χ3v) is 4.12. The van der Waals surface area contributed by atoms with Crippen molar-refractivity contribution in [2.45, 2.75) is 25.7 Å². The molecular formula is C15H14N4S. The summed E-state index contributed by atoms with van der Waals surface area (Å²) in [6.07, 6.45) is 2.41. The van der Waals surface area contributed by atoms with Crippen molar-refractivity contribution in [2.24, 2.45) is 0 Å². The highest BCUT2D eigenvalue weighted by molar-refractivity contribution is 7.08. The van der Waals surface area contributed by atoms with E-state index in [1.54, 1.807) is 11.3 Å². The van der Waals surface area contributed by atoms with E-state index >= 15 is 0 Å². The maximum Gasteiger partial charge on any atom is 0.166 e. The first-order valence-corrected chi connectivity index (χ1v) is 7.69. The van der Waals surface area contributed by atoms with Gasteiger partial charge in [0.2, 0.25) is 0 Å². The van der Waals surface area contributed by atoms with Gasteiger partial charge in [-0.2, -0.15) is 16.0 Å². The fraction of sp³-hybridized carbons (Fsp3) is 0.267. The number of aryl methyl sites for hydroxylation is 1. The number of hydrogen-bond acceptors (Lipinski definition) is 4. The van der Waals surface area contributed by atoms with Gasteiger partial charge in [0.1, 0.15) is 0 Å². The molecule has 4 nitrogen and oxygen atoms in total. The lowest BCUT2D eigenvalue weighted by Crippen LogP contribution is -2.02. The molecule has 20 heavy (non-hydrogen) atoms. The molecule has 3 aromatic heterocycles. The van der Waals surface area contributed by atoms with Crippen LogP contribution < -0.4 is 0 Å². The fourth-order valence-electron chi connectivity index (χ4n) is 2.23. The molecule has 0 aromatic carbocycles. The maximum atomic E-state index is 4.74. The first-order chi connectivity index (χ1) is 9.81. The van der Waals surface area contributed by atoms with Crippen molar-refractivity contribution in [2.75, 3.05) is 0 Å². The SMILES string of the molecule is Cc1cccc(-n2nc(C3CC3)nc2-c2ccsc2)n1. The second-order valence-corrected chi connectivity index (χ2v) is 5.91. The van der Waals surface area contributed by atoms with E-state index in [2.05, 4.69) is 26.9 Å². The van der Waals surface area contributed by atoms with Gasteiger partial charge in [-0.05, 0) is 43.3 Å². The quantitative estimate of drug-likeness (QED) is 0.737. The van der Waals surface area contributed by atoms with Gasteiger partial charge in [0.05, 0.1) is 0 Å². The topological polar surface area (TPSA) is 43.6 Å². The standard InChI is InChI=1S/C15H14N4S/c1-10-3-2-4-13(16-10)19-15(12-7-8-20-9-12)17-14(18-19)11-5-6-11/h2-4,7-9,11H,5-6H2,1H3. The molecule has 3 heterocycles. The number of aromatic nitrogens is 4. The molecule has 0 unspecified atom stereocenters. The molecule has 1 fully saturated rings. The monoisotopic (exact) mass is 282 g/mol. The van der Waals surface area contributed by atoms with Gasteiger partial charge in [0, 0.05) is 22.6 Å². The van der Waals surface area contributed by atoms with Crippen LogP contribution in [-0.4, -0.2) is 19.7 Å². The largest absolute Gasteiger partial charge is 0.234 e. The summed E-state index contributed by atoms with van der Waals surface area (Å²) in [6.45, 7) is 1.99. The summed E-state index contributed by atoms with van der Waals surface area (Å²) >= 11 is 1.67. The molecule has 1 aliphatic carbocycles. The van der Waals surface area contributed by atoms with Crippen LogP contribution in [0.1, 0.15) is 30.3 Å². The number of nitrogens with zero attached hydrogens (tertiary/aromatic N) is 4. The third-order valence-electron chi connectivity index (χ3n) is 3.44. The first-order valence-electron chi connectivity index (χ1n) is 6.75. The Morgan fingerprint density at radius 2 is 2.10 bits per heavy atom. The number of rotatable bonds is 3. The summed E-state index contributed by atoms with van der Waals surface area (Å²) in [7, 11) is 0. The Bertz CT molecular complexity index is 741. The van der Waals surface area contributed by atoms with Crippen LogP contribution in [0.3, 0.4) is 0 Å². The average Bonchev–Trinajstić information content (AvgIpc) is 3.01. The van der Waals surface area contributed by atoms with E-state index in [-0.39, 0.29) is 0 Å². The van der Waals surface area contributed by atoms with Crippen molar-refractivity contribution < 1.29 is 0 Å². The Morgan fingerprint density at radius 3 is 2.80 bits per heavy atom. The van der Waals surface area contributed by atoms with Crippen molar-refractivity contribution in [3.8, 4) is 17.2 Å². The molecule has 100 valence electrons. The number of pyridine rings is 1. The van der Waals surface area contributed by atoms with Crippen molar-refractivity contribution in [3.63, 3.8) is 0 Å². The molecule has 1 saturated carbocycles. The zero-order valence-corrected chi connectivity index (χ0v) is 12.0. The molecular weight excluding hydrogens is 268 g/mol. The van der Waals surface area contributed by atoms with Crippen molar-refractivity contribution in [1.82, 2.24) is 19.7 Å². The minimum absolute atomic E-state index is 0.540. The lowest BCUT2D eigenvalue weighted by molar-refractivity contribution is 0.812. The highest BCUT2D eigenvalue weighted by Gasteiger charge is 2.29. The van der Waals surface area contributed by atoms with Crippen LogP contribution in [0.2, 0.25) is 0 Å². The van der Waals surface area contributed by atoms with Crippen molar-refractivity contribution in [3.05, 3.63) is 46.5 Å². The molecule has 5 heteroatoms. The molecule has 3 aromatic rings. The molecule has 0 spiro atoms. The van der Waals surface area contributed by atoms with Gasteiger partial charge in [0.25, 0.3) is 0 Å². The minimum atomic E-state index is 0.540. The second-order valence-electron chi connectivity index (χ2n) is 5.13. The van der Waals surface area contributed by atoms with Gasteiger partial charge in [0.15, 0.2) is 17.5 Å². The van der Waals surface area contributed by atoms with Crippen LogP contribution in [0.25, 0.3) is 17.2 Å². The van der Waals surface area contributed by atoms with Gasteiger partial charge < -0.3 is 0 Å². The molecule has 0 amide bonds. The van der Waals surface area contributed by atoms with Crippen LogP contribution in [0.15, 0.2) is 35.0 Å². The van der Waals surface area contributed by atoms with Gasteiger partial charge in [-0.25, -0.2) is 9.97 Å². The highest BCUT2D eigenvalue weighted by Crippen LogP contribution is 2.39. The number of thiophene rings is 1. The van der Waals surface area contributed by atoms with E-state index in [0.29, 0.717) is 5.92 Å². The maximum absolute atomic E-state index is 4.74. The zero-order valence-electron chi connectivity index (χ0n) is 11.2. The van der Waals surface area contributed by atoms with Gasteiger partial charge in [-0.15, -0.1) is 5.10 Å². The normalized spacial score (nSPS) is 14.7. The summed E-state index contributed by atoms with van der Waals surface area (Å²) in [5, 5.41) is 8.86. The Labute approximate surface area is 121 Å². The Balaban J connectivity index is 1.88. The summed E-state index contributed by atoms with van der Waals surface area (Å²) in [5.74, 6) is 3.23. The second kappa shape index (κ2) is 4.52. The van der Waals surface area contributed by atoms with E-state index in [0.717, 1.165) is 28.7 Å². The third kappa shape index (κ3) is 2.04. The summed E-state index contributed by atoms with van der Waals surface area (Å²) in [4.78, 5) is 9.31. The molecule has 1 aliphatic rings. The molecule has 0 N–H and O–H groups in total. The highest BCUT2D eigenvalue weighted by atomic mass is 32.1. The van der Waals surface area contributed by atoms with E-state index in [1.165, 1.54) is 12.8 Å². The van der Waals surface area contributed by atoms with Crippen LogP contribution in [0.5, 0.6) is 0 Å². The Kier molecular flexibility index (Phi) is 2.67. The van der Waals surface area contributed by atoms with E-state index in [4.69, 9.17) is 4.98 Å². The van der Waals surface area contributed by atoms with E-state index in [9.17, 15) is 0 Å². The van der Waals surface area contributed by atoms with Crippen LogP contribution in [0, 0.1) is 6.92 Å². The molecule has 0 bridgehead atoms. The lowest BCUT2D eigenvalue weighted by atomic mass is 10.3. The molecule has 0 aliphatic heterocycles. The fourth-order valence-corrected chi connectivity index (χ4v) is 2.86. The lowest BCUT2D eigenvalue weighted by Gasteiger charge is -2.04. The Morgan fingerprint density at radius 1 is 1.20 bits per heavy atom. The summed E-state index contributed by atoms with van der Waals surface area (Å²) < 4.78 is 1.88. The molecule has 0 radical (unpaired) electrons. The van der Waals surface area contributed by atoms with Gasteiger partial charge >= 0.3 is 0 Å². The van der Waals surface area contributed by atoms with Crippen molar-refractivity contribution >= 4 is 11.3 Å². The Hall–Kier alpha value is -2.01. The summed E-state index contributed by atoms with van der Waals surface area (Å²) in [5.41, 5.74) is 2.10. The van der Waals surface area contributed by atoms with E-state index < -0.39 is 0 Å². The summed E-state index contributed by atoms with van der Waals surface area (Å²) in [6, 6.07) is 8.06. The minimum Gasteiger partial charge on any atom is -0.234 e. The average molecular weight is 282 g/mol. The van der Waals surface area contributed by atoms with Crippen LogP contribution >= 0.6 is 11.3 Å². The molecule has 0 atom stereocenters. The van der Waals surface area contributed by atoms with Gasteiger partial charge in [-0.3, -0.25) is 0 Å². The number of hydrogen-bond donors (Lipinski definition) is 0. The predicted octanol–water partition coefficient (Wildman–Crippen LogP) is 3.58. The van der Waals surface area contributed by atoms with E-state index in [1.807, 2.05) is 29.8 Å². The van der Waals surface area contributed by atoms with Gasteiger partial charge in [-0.1, -0.05) is 6.07 Å². The molecule has 0 saturated heterocycles. The predicted molar refractivity (Wildman–Crippen MR) is 79.2 cm³/mol. The zero-order chi connectivity index (χ0) is 13.5. The molecule has 4 rings (SSSR count). The van der Waals surface area contributed by atoms with Crippen LogP contribution in [0.4, 0.5) is 0 Å².